The molecule has 3 N–H and O–H groups in total. The van der Waals surface area contributed by atoms with E-state index < -0.39 is 0 Å². The number of aromatic hydroxyl groups is 1. The maximum atomic E-state index is 10.9. The molecule has 1 aromatic rings. The molecule has 0 radical (unpaired) electrons. The van der Waals surface area contributed by atoms with Gasteiger partial charge in [-0.2, -0.15) is 0 Å². The number of fused-ring (bicyclic) bond motifs is 5. The second-order valence-corrected chi connectivity index (χ2v) is 12.6. The first-order valence-corrected chi connectivity index (χ1v) is 14.9. The van der Waals surface area contributed by atoms with Gasteiger partial charge in [0.05, 0.1) is 6.10 Å². The molecule has 4 rings (SSSR count). The summed E-state index contributed by atoms with van der Waals surface area (Å²) in [5.41, 5.74) is 2.96. The first-order chi connectivity index (χ1) is 17.6. The number of unbranched alkanes of at least 4 members (excludes halogenated alkanes) is 5. The molecule has 1 amide bonds. The van der Waals surface area contributed by atoms with Crippen LogP contribution in [0.25, 0.3) is 0 Å². The smallest absolute Gasteiger partial charge is 0.219 e. The maximum absolute atomic E-state index is 10.9. The van der Waals surface area contributed by atoms with Crippen LogP contribution in [0.4, 0.5) is 0 Å². The van der Waals surface area contributed by atoms with E-state index in [9.17, 15) is 15.0 Å². The van der Waals surface area contributed by atoms with Gasteiger partial charge >= 0.3 is 0 Å². The summed E-state index contributed by atoms with van der Waals surface area (Å²) in [5.74, 6) is 3.13. The predicted octanol–water partition coefficient (Wildman–Crippen LogP) is 6.43. The summed E-state index contributed by atoms with van der Waals surface area (Å²) in [6.07, 6.45) is 13.9. The van der Waals surface area contributed by atoms with Crippen molar-refractivity contribution in [2.24, 2.45) is 23.2 Å². The van der Waals surface area contributed by atoms with Gasteiger partial charge in [-0.25, -0.2) is 0 Å². The number of phenols is 1. The van der Waals surface area contributed by atoms with Gasteiger partial charge in [0.15, 0.2) is 0 Å². The Kier molecular flexibility index (Phi) is 10.9. The van der Waals surface area contributed by atoms with Gasteiger partial charge < -0.3 is 20.2 Å². The van der Waals surface area contributed by atoms with Gasteiger partial charge in [0.2, 0.25) is 5.91 Å². The molecule has 6 atom stereocenters. The summed E-state index contributed by atoms with van der Waals surface area (Å²) >= 11 is 0. The molecule has 210 valence electrons. The standard InChI is InChI=1S/C26H40O3.C6H13NO/c1-26-17-19(8-6-4-2-3-5-7-15-27)25-21-12-10-20(28)16-18(21)9-11-22(25)23(26)13-14-24(26)29;1-5(2)7(4)6(3)8/h10,12,16,19,22-25,27-29H,2-9,11,13-15,17H2,1H3;5H,1-4H3/t19-,22?,23?,24-,25?,26-;/m0./s1. The third kappa shape index (κ3) is 7.09. The number of aryl methyl sites for hydroxylation is 1. The second kappa shape index (κ2) is 13.5. The number of hydrogen-bond donors (Lipinski definition) is 3. The number of carbonyl (C=O) groups excluding carboxylic acids is 1. The van der Waals surface area contributed by atoms with Gasteiger partial charge in [-0.3, -0.25) is 4.79 Å². The van der Waals surface area contributed by atoms with Crippen molar-refractivity contribution in [1.29, 1.82) is 0 Å². The van der Waals surface area contributed by atoms with Crippen LogP contribution in [-0.4, -0.2) is 51.9 Å². The molecule has 0 heterocycles. The highest BCUT2D eigenvalue weighted by atomic mass is 16.3. The molecule has 0 spiro atoms. The van der Waals surface area contributed by atoms with Crippen LogP contribution in [0.5, 0.6) is 5.75 Å². The zero-order valence-electron chi connectivity index (χ0n) is 24.1. The van der Waals surface area contributed by atoms with Crippen molar-refractivity contribution in [3.8, 4) is 5.75 Å². The normalized spacial score (nSPS) is 30.1. The Balaban J connectivity index is 0.000000414. The molecule has 2 fully saturated rings. The number of phenolic OH excluding ortho intramolecular Hbond substituents is 1. The summed E-state index contributed by atoms with van der Waals surface area (Å²) < 4.78 is 0. The van der Waals surface area contributed by atoms with Gasteiger partial charge in [0.25, 0.3) is 0 Å². The van der Waals surface area contributed by atoms with E-state index in [2.05, 4.69) is 13.0 Å². The zero-order valence-corrected chi connectivity index (χ0v) is 24.1. The van der Waals surface area contributed by atoms with E-state index in [-0.39, 0.29) is 17.4 Å². The van der Waals surface area contributed by atoms with Crippen molar-refractivity contribution < 1.29 is 20.1 Å². The molecule has 3 unspecified atom stereocenters. The predicted molar refractivity (Wildman–Crippen MR) is 151 cm³/mol. The van der Waals surface area contributed by atoms with E-state index >= 15 is 0 Å². The molecule has 2 saturated carbocycles. The Bertz CT molecular complexity index is 870. The molecule has 0 aromatic heterocycles. The van der Waals surface area contributed by atoms with Crippen molar-refractivity contribution in [1.82, 2.24) is 4.90 Å². The van der Waals surface area contributed by atoms with E-state index in [4.69, 9.17) is 5.11 Å². The Morgan fingerprint density at radius 2 is 1.76 bits per heavy atom. The van der Waals surface area contributed by atoms with Crippen LogP contribution in [0.2, 0.25) is 0 Å². The summed E-state index contributed by atoms with van der Waals surface area (Å²) in [6.45, 7) is 8.24. The molecule has 3 aliphatic rings. The van der Waals surface area contributed by atoms with E-state index in [1.54, 1.807) is 18.9 Å². The lowest BCUT2D eigenvalue weighted by molar-refractivity contribution is -0.128. The molecular formula is C32H53NO4. The number of aliphatic hydroxyl groups excluding tert-OH is 2. The number of hydrogen-bond acceptors (Lipinski definition) is 4. The number of aliphatic hydroxyl groups is 2. The number of benzene rings is 1. The number of nitrogens with zero attached hydrogens (tertiary/aromatic N) is 1. The van der Waals surface area contributed by atoms with Crippen LogP contribution >= 0.6 is 0 Å². The average molecular weight is 516 g/mol. The van der Waals surface area contributed by atoms with Crippen LogP contribution in [0.3, 0.4) is 0 Å². The minimum absolute atomic E-state index is 0.0986. The fraction of sp³-hybridized carbons (Fsp3) is 0.781. The van der Waals surface area contributed by atoms with Crippen molar-refractivity contribution in [2.45, 2.75) is 123 Å². The molecule has 5 nitrogen and oxygen atoms in total. The molecule has 5 heteroatoms. The number of amides is 1. The molecule has 0 bridgehead atoms. The van der Waals surface area contributed by atoms with E-state index in [1.807, 2.05) is 26.0 Å². The summed E-state index contributed by atoms with van der Waals surface area (Å²) in [7, 11) is 1.80. The van der Waals surface area contributed by atoms with Crippen molar-refractivity contribution in [3.63, 3.8) is 0 Å². The van der Waals surface area contributed by atoms with Crippen molar-refractivity contribution in [3.05, 3.63) is 29.3 Å². The third-order valence-corrected chi connectivity index (χ3v) is 10.0. The third-order valence-electron chi connectivity index (χ3n) is 10.0. The molecule has 1 aromatic carbocycles. The number of rotatable bonds is 9. The molecule has 3 aliphatic carbocycles. The minimum Gasteiger partial charge on any atom is -0.508 e. The number of carbonyl (C=O) groups is 1. The SMILES string of the molecule is CC(=O)N(C)C(C)C.C[C@]12C[C@H](CCCCCCCCO)C3c4ccc(O)cc4CCC3C1CC[C@@H]2O. The molecule has 0 aliphatic heterocycles. The summed E-state index contributed by atoms with van der Waals surface area (Å²) in [5, 5.41) is 29.8. The lowest BCUT2D eigenvalue weighted by Crippen LogP contribution is -2.47. The molecular weight excluding hydrogens is 462 g/mol. The highest BCUT2D eigenvalue weighted by molar-refractivity contribution is 5.73. The quantitative estimate of drug-likeness (QED) is 0.331. The fourth-order valence-corrected chi connectivity index (χ4v) is 7.72. The van der Waals surface area contributed by atoms with Gasteiger partial charge in [0.1, 0.15) is 5.75 Å². The van der Waals surface area contributed by atoms with Gasteiger partial charge in [0, 0.05) is 26.6 Å². The lowest BCUT2D eigenvalue weighted by atomic mass is 9.51. The monoisotopic (exact) mass is 515 g/mol. The van der Waals surface area contributed by atoms with Crippen molar-refractivity contribution >= 4 is 5.91 Å². The average Bonchev–Trinajstić information content (AvgIpc) is 3.16. The summed E-state index contributed by atoms with van der Waals surface area (Å²) in [6, 6.07) is 6.42. The molecule has 37 heavy (non-hydrogen) atoms. The highest BCUT2D eigenvalue weighted by Crippen LogP contribution is 2.63. The van der Waals surface area contributed by atoms with Crippen LogP contribution in [0, 0.1) is 23.2 Å². The second-order valence-electron chi connectivity index (χ2n) is 12.6. The van der Waals surface area contributed by atoms with Crippen LogP contribution in [-0.2, 0) is 11.2 Å². The Hall–Kier alpha value is -1.59. The zero-order chi connectivity index (χ0) is 27.2. The van der Waals surface area contributed by atoms with Gasteiger partial charge in [-0.1, -0.05) is 45.1 Å². The van der Waals surface area contributed by atoms with Gasteiger partial charge in [-0.15, -0.1) is 0 Å². The maximum Gasteiger partial charge on any atom is 0.219 e. The Labute approximate surface area is 225 Å². The van der Waals surface area contributed by atoms with E-state index in [0.29, 0.717) is 42.1 Å². The highest BCUT2D eigenvalue weighted by Gasteiger charge is 2.57. The topological polar surface area (TPSA) is 81.0 Å². The van der Waals surface area contributed by atoms with Crippen LogP contribution in [0.15, 0.2) is 18.2 Å². The summed E-state index contributed by atoms with van der Waals surface area (Å²) in [4.78, 5) is 12.2. The van der Waals surface area contributed by atoms with Crippen LogP contribution < -0.4 is 0 Å². The van der Waals surface area contributed by atoms with E-state index in [0.717, 1.165) is 32.1 Å². The first kappa shape index (κ1) is 30.0. The van der Waals surface area contributed by atoms with E-state index in [1.165, 1.54) is 56.1 Å². The van der Waals surface area contributed by atoms with Gasteiger partial charge in [-0.05, 0) is 111 Å². The lowest BCUT2D eigenvalue weighted by Gasteiger charge is -2.54. The largest absolute Gasteiger partial charge is 0.508 e. The Morgan fingerprint density at radius 1 is 1.08 bits per heavy atom. The first-order valence-electron chi connectivity index (χ1n) is 14.9. The fourth-order valence-electron chi connectivity index (χ4n) is 7.72. The Morgan fingerprint density at radius 3 is 2.38 bits per heavy atom. The van der Waals surface area contributed by atoms with Crippen LogP contribution in [0.1, 0.15) is 115 Å². The minimum atomic E-state index is -0.129. The molecule has 0 saturated heterocycles. The van der Waals surface area contributed by atoms with Crippen molar-refractivity contribution in [2.75, 3.05) is 13.7 Å².